The summed E-state index contributed by atoms with van der Waals surface area (Å²) in [6, 6.07) is 4.01. The van der Waals surface area contributed by atoms with Crippen molar-refractivity contribution < 1.29 is 33.8 Å². The van der Waals surface area contributed by atoms with Crippen LogP contribution >= 0.6 is 11.3 Å². The van der Waals surface area contributed by atoms with Gasteiger partial charge in [-0.25, -0.2) is 4.98 Å². The number of benzene rings is 1. The summed E-state index contributed by atoms with van der Waals surface area (Å²) in [6.45, 7) is 15.8. The van der Waals surface area contributed by atoms with E-state index in [1.165, 1.54) is 18.4 Å². The standard InChI is InChI=1S/C41H62N4O7S/c1-9-13-14-15-35(47)44-36(25(5)12-4)39(49)45(18-10-2)41(26(6)27(41)7)23-34(52-19-11-3)38-43-33(24-53-38)37(48)42-29-20-28-16-17-30(46)22-31(28)32(21-29)40(50)51-8/h16-17,22,24-27,29,32,34,36,46H,9-15,18-21,23H2,1-8H3,(H,42,48)(H,44,47)/t25-,26?,27?,29-,32+,34+,36-,41?/m0/s1. The summed E-state index contributed by atoms with van der Waals surface area (Å²) in [5, 5.41) is 18.7. The summed E-state index contributed by atoms with van der Waals surface area (Å²) >= 11 is 1.38. The number of ether oxygens (including phenoxy) is 2. The monoisotopic (exact) mass is 754 g/mol. The number of unbranched alkanes of at least 4 members (excludes halogenated alkanes) is 2. The van der Waals surface area contributed by atoms with Crippen molar-refractivity contribution in [3.05, 3.63) is 45.4 Å². The minimum atomic E-state index is -0.612. The zero-order valence-corrected chi connectivity index (χ0v) is 33.9. The number of phenols is 1. The zero-order valence-electron chi connectivity index (χ0n) is 33.0. The zero-order chi connectivity index (χ0) is 38.9. The van der Waals surface area contributed by atoms with E-state index in [-0.39, 0.29) is 53.0 Å². The van der Waals surface area contributed by atoms with Crippen LogP contribution in [0.2, 0.25) is 0 Å². The average Bonchev–Trinajstić information content (AvgIpc) is 3.44. The number of nitrogens with one attached hydrogen (secondary N) is 2. The van der Waals surface area contributed by atoms with Crippen molar-refractivity contribution in [2.24, 2.45) is 17.8 Å². The van der Waals surface area contributed by atoms with E-state index in [1.807, 2.05) is 18.7 Å². The third kappa shape index (κ3) is 9.79. The van der Waals surface area contributed by atoms with Crippen LogP contribution in [-0.4, -0.2) is 76.6 Å². The fourth-order valence-electron chi connectivity index (χ4n) is 8.09. The van der Waals surface area contributed by atoms with E-state index in [1.54, 1.807) is 23.6 Å². The van der Waals surface area contributed by atoms with Gasteiger partial charge in [0.05, 0.1) is 18.6 Å². The van der Waals surface area contributed by atoms with Crippen LogP contribution in [0.3, 0.4) is 0 Å². The van der Waals surface area contributed by atoms with Gasteiger partial charge in [-0.1, -0.05) is 73.8 Å². The molecule has 0 aliphatic heterocycles. The first-order valence-electron chi connectivity index (χ1n) is 19.7. The van der Waals surface area contributed by atoms with Crippen molar-refractivity contribution in [2.45, 2.75) is 142 Å². The first-order chi connectivity index (χ1) is 25.4. The van der Waals surface area contributed by atoms with Crippen LogP contribution in [0.25, 0.3) is 0 Å². The summed E-state index contributed by atoms with van der Waals surface area (Å²) < 4.78 is 11.5. The maximum absolute atomic E-state index is 14.6. The molecule has 0 spiro atoms. The van der Waals surface area contributed by atoms with Gasteiger partial charge in [0.1, 0.15) is 28.6 Å². The number of thiazole rings is 1. The number of hydrogen-bond acceptors (Lipinski definition) is 9. The molecule has 2 aromatic rings. The fourth-order valence-corrected chi connectivity index (χ4v) is 8.94. The smallest absolute Gasteiger partial charge is 0.313 e. The lowest BCUT2D eigenvalue weighted by Crippen LogP contribution is -2.56. The summed E-state index contributed by atoms with van der Waals surface area (Å²) in [6.07, 6.45) is 6.48. The first kappa shape index (κ1) is 42.2. The van der Waals surface area contributed by atoms with E-state index in [2.05, 4.69) is 45.3 Å². The van der Waals surface area contributed by atoms with Crippen LogP contribution in [0.5, 0.6) is 5.75 Å². The van der Waals surface area contributed by atoms with Crippen molar-refractivity contribution in [1.29, 1.82) is 0 Å². The highest BCUT2D eigenvalue weighted by atomic mass is 32.1. The third-order valence-corrected chi connectivity index (χ3v) is 12.6. The largest absolute Gasteiger partial charge is 0.508 e. The Morgan fingerprint density at radius 1 is 1.08 bits per heavy atom. The third-order valence-electron chi connectivity index (χ3n) is 11.6. The Hall–Kier alpha value is -3.51. The summed E-state index contributed by atoms with van der Waals surface area (Å²) in [7, 11) is 1.34. The van der Waals surface area contributed by atoms with Gasteiger partial charge in [0, 0.05) is 37.4 Å². The minimum Gasteiger partial charge on any atom is -0.508 e. The van der Waals surface area contributed by atoms with Gasteiger partial charge >= 0.3 is 5.97 Å². The Morgan fingerprint density at radius 2 is 1.81 bits per heavy atom. The predicted molar refractivity (Wildman–Crippen MR) is 207 cm³/mol. The Balaban J connectivity index is 1.56. The minimum absolute atomic E-state index is 0.0294. The van der Waals surface area contributed by atoms with Gasteiger partial charge in [-0.3, -0.25) is 19.2 Å². The molecule has 1 aromatic heterocycles. The van der Waals surface area contributed by atoms with E-state index in [0.29, 0.717) is 49.4 Å². The Labute approximate surface area is 320 Å². The van der Waals surface area contributed by atoms with Gasteiger partial charge in [-0.05, 0) is 73.1 Å². The topological polar surface area (TPSA) is 147 Å². The molecule has 2 aliphatic rings. The van der Waals surface area contributed by atoms with E-state index < -0.39 is 29.6 Å². The molecule has 1 heterocycles. The lowest BCUT2D eigenvalue weighted by molar-refractivity contribution is -0.143. The molecule has 1 aromatic carbocycles. The second-order valence-corrected chi connectivity index (χ2v) is 16.0. The lowest BCUT2D eigenvalue weighted by Gasteiger charge is -2.39. The molecule has 1 saturated carbocycles. The number of esters is 1. The van der Waals surface area contributed by atoms with Crippen molar-refractivity contribution in [3.8, 4) is 5.75 Å². The average molecular weight is 755 g/mol. The molecule has 3 N–H and O–H groups in total. The molecule has 294 valence electrons. The van der Waals surface area contributed by atoms with Gasteiger partial charge in [0.25, 0.3) is 5.91 Å². The van der Waals surface area contributed by atoms with Crippen molar-refractivity contribution >= 4 is 35.0 Å². The van der Waals surface area contributed by atoms with Gasteiger partial charge in [0.2, 0.25) is 11.8 Å². The number of aromatic hydroxyl groups is 1. The van der Waals surface area contributed by atoms with E-state index in [4.69, 9.17) is 14.5 Å². The van der Waals surface area contributed by atoms with Crippen molar-refractivity contribution in [1.82, 2.24) is 20.5 Å². The highest BCUT2D eigenvalue weighted by Gasteiger charge is 2.65. The Morgan fingerprint density at radius 3 is 2.43 bits per heavy atom. The number of fused-ring (bicyclic) bond motifs is 1. The van der Waals surface area contributed by atoms with Crippen LogP contribution in [0.15, 0.2) is 23.6 Å². The van der Waals surface area contributed by atoms with Crippen LogP contribution in [0, 0.1) is 17.8 Å². The highest BCUT2D eigenvalue weighted by Crippen LogP contribution is 2.59. The number of aromatic nitrogens is 1. The van der Waals surface area contributed by atoms with Crippen LogP contribution in [0.1, 0.15) is 145 Å². The molecule has 11 nitrogen and oxygen atoms in total. The number of carbonyl (C=O) groups excluding carboxylic acids is 4. The maximum Gasteiger partial charge on any atom is 0.313 e. The molecule has 12 heteroatoms. The quantitative estimate of drug-likeness (QED) is 0.0960. The van der Waals surface area contributed by atoms with Crippen LogP contribution in [-0.2, 0) is 30.3 Å². The number of rotatable bonds is 20. The number of hydrogen-bond donors (Lipinski definition) is 3. The van der Waals surface area contributed by atoms with Gasteiger partial charge in [-0.2, -0.15) is 0 Å². The normalized spacial score (nSPS) is 23.6. The summed E-state index contributed by atoms with van der Waals surface area (Å²) in [5.74, 6) is -1.03. The van der Waals surface area contributed by atoms with E-state index in [0.717, 1.165) is 44.1 Å². The van der Waals surface area contributed by atoms with Crippen molar-refractivity contribution in [2.75, 3.05) is 20.3 Å². The number of methoxy groups -OCH3 is 1. The van der Waals surface area contributed by atoms with E-state index in [9.17, 15) is 24.3 Å². The van der Waals surface area contributed by atoms with Crippen LogP contribution in [0.4, 0.5) is 0 Å². The summed E-state index contributed by atoms with van der Waals surface area (Å²) in [5.41, 5.74) is 1.37. The number of amides is 3. The first-order valence-corrected chi connectivity index (χ1v) is 20.6. The highest BCUT2D eigenvalue weighted by molar-refractivity contribution is 7.09. The molecular formula is C41H62N4O7S. The SMILES string of the molecule is CCCCCC(=O)N[C@H](C(=O)N(CCC)C1(C[C@@H](OCCC)c2nc(C(=O)N[C@H]3Cc4ccc(O)cc4[C@H](C(=O)OC)C3)cs2)C(C)C1C)[C@@H](C)CC. The molecule has 53 heavy (non-hydrogen) atoms. The molecule has 0 radical (unpaired) electrons. The summed E-state index contributed by atoms with van der Waals surface area (Å²) in [4.78, 5) is 60.9. The molecule has 0 saturated heterocycles. The molecule has 4 rings (SSSR count). The van der Waals surface area contributed by atoms with Gasteiger partial charge < -0.3 is 30.1 Å². The molecule has 7 atom stereocenters. The maximum atomic E-state index is 14.6. The number of nitrogens with zero attached hydrogens (tertiary/aromatic N) is 2. The molecule has 3 amide bonds. The molecule has 2 aliphatic carbocycles. The number of carbonyl (C=O) groups is 4. The van der Waals surface area contributed by atoms with Crippen LogP contribution < -0.4 is 10.6 Å². The molecule has 2 unspecified atom stereocenters. The molecular weight excluding hydrogens is 693 g/mol. The second kappa shape index (κ2) is 19.2. The van der Waals surface area contributed by atoms with Gasteiger partial charge in [0.15, 0.2) is 0 Å². The second-order valence-electron chi connectivity index (χ2n) is 15.1. The number of phenolic OH excluding ortho intramolecular Hbond substituents is 1. The van der Waals surface area contributed by atoms with Gasteiger partial charge in [-0.15, -0.1) is 11.3 Å². The molecule has 1 fully saturated rings. The fraction of sp³-hybridized carbons (Fsp3) is 0.683. The Bertz CT molecular complexity index is 1550. The Kier molecular flexibility index (Phi) is 15.3. The lowest BCUT2D eigenvalue weighted by atomic mass is 9.80. The molecule has 0 bridgehead atoms. The predicted octanol–water partition coefficient (Wildman–Crippen LogP) is 7.08. The van der Waals surface area contributed by atoms with E-state index >= 15 is 0 Å². The van der Waals surface area contributed by atoms with Crippen molar-refractivity contribution in [3.63, 3.8) is 0 Å².